The molecule has 0 unspecified atom stereocenters. The van der Waals surface area contributed by atoms with Gasteiger partial charge in [0, 0.05) is 17.9 Å². The lowest BCUT2D eigenvalue weighted by Gasteiger charge is -2.11. The molecule has 1 aromatic rings. The molecule has 0 atom stereocenters. The summed E-state index contributed by atoms with van der Waals surface area (Å²) in [5.74, 6) is 0.551. The van der Waals surface area contributed by atoms with Crippen LogP contribution in [0.15, 0.2) is 12.1 Å². The van der Waals surface area contributed by atoms with Gasteiger partial charge in [-0.2, -0.15) is 12.6 Å². The molecule has 0 aliphatic carbocycles. The Hall–Kier alpha value is -1.56. The van der Waals surface area contributed by atoms with Crippen molar-refractivity contribution in [3.05, 3.63) is 17.7 Å². The molecule has 6 heteroatoms. The van der Waals surface area contributed by atoms with E-state index in [1.807, 2.05) is 0 Å². The van der Waals surface area contributed by atoms with Crippen molar-refractivity contribution in [2.45, 2.75) is 0 Å². The van der Waals surface area contributed by atoms with Crippen LogP contribution in [0.5, 0.6) is 17.2 Å². The van der Waals surface area contributed by atoms with E-state index in [0.717, 1.165) is 0 Å². The first-order valence-corrected chi connectivity index (χ1v) is 5.61. The van der Waals surface area contributed by atoms with Gasteiger partial charge in [0.05, 0.1) is 14.2 Å². The lowest BCUT2D eigenvalue weighted by atomic mass is 10.1. The molecule has 0 aromatic heterocycles. The van der Waals surface area contributed by atoms with Gasteiger partial charge in [0.1, 0.15) is 0 Å². The third-order valence-corrected chi connectivity index (χ3v) is 2.36. The number of hydrogen-bond acceptors (Lipinski definition) is 5. The number of hydrogen-bond donors (Lipinski definition) is 3. The van der Waals surface area contributed by atoms with Crippen molar-refractivity contribution in [1.29, 1.82) is 0 Å². The van der Waals surface area contributed by atoms with Crippen molar-refractivity contribution in [2.75, 3.05) is 26.5 Å². The van der Waals surface area contributed by atoms with Crippen LogP contribution in [0, 0.1) is 0 Å². The zero-order valence-electron chi connectivity index (χ0n) is 9.69. The Labute approximate surface area is 105 Å². The van der Waals surface area contributed by atoms with E-state index in [1.165, 1.54) is 26.4 Å². The zero-order valence-corrected chi connectivity index (χ0v) is 10.6. The Morgan fingerprint density at radius 1 is 1.35 bits per heavy atom. The second-order valence-corrected chi connectivity index (χ2v) is 3.66. The first-order chi connectivity index (χ1) is 8.13. The maximum absolute atomic E-state index is 11.7. The van der Waals surface area contributed by atoms with Crippen molar-refractivity contribution >= 4 is 18.5 Å². The third-order valence-electron chi connectivity index (χ3n) is 2.14. The number of carbonyl (C=O) groups is 1. The Bertz CT molecular complexity index is 383. The Kier molecular flexibility index (Phi) is 4.96. The molecule has 0 bridgehead atoms. The van der Waals surface area contributed by atoms with Crippen molar-refractivity contribution in [2.24, 2.45) is 0 Å². The molecule has 1 aromatic carbocycles. The molecule has 0 aliphatic rings. The molecule has 2 N–H and O–H groups in total. The molecule has 0 saturated heterocycles. The molecule has 0 radical (unpaired) electrons. The van der Waals surface area contributed by atoms with Crippen molar-refractivity contribution in [3.8, 4) is 17.2 Å². The highest BCUT2D eigenvalue weighted by Gasteiger charge is 2.14. The summed E-state index contributed by atoms with van der Waals surface area (Å²) in [7, 11) is 2.81. The summed E-state index contributed by atoms with van der Waals surface area (Å²) >= 11 is 4.00. The normalized spacial score (nSPS) is 9.82. The number of ether oxygens (including phenoxy) is 2. The molecule has 1 rings (SSSR count). The maximum atomic E-state index is 11.7. The molecule has 17 heavy (non-hydrogen) atoms. The largest absolute Gasteiger partial charge is 0.502 e. The van der Waals surface area contributed by atoms with Crippen LogP contribution < -0.4 is 14.8 Å². The average Bonchev–Trinajstić information content (AvgIpc) is 2.36. The number of benzene rings is 1. The molecule has 94 valence electrons. The van der Waals surface area contributed by atoms with Gasteiger partial charge in [0.2, 0.25) is 5.75 Å². The molecule has 0 heterocycles. The van der Waals surface area contributed by atoms with Crippen LogP contribution in [0.3, 0.4) is 0 Å². The van der Waals surface area contributed by atoms with Gasteiger partial charge in [-0.25, -0.2) is 0 Å². The fourth-order valence-electron chi connectivity index (χ4n) is 1.30. The summed E-state index contributed by atoms with van der Waals surface area (Å²) in [5, 5.41) is 12.3. The number of phenolic OH excluding ortho intramolecular Hbond substituents is 1. The quantitative estimate of drug-likeness (QED) is 0.690. The van der Waals surface area contributed by atoms with Crippen LogP contribution in [0.4, 0.5) is 0 Å². The summed E-state index contributed by atoms with van der Waals surface area (Å²) in [4.78, 5) is 11.7. The van der Waals surface area contributed by atoms with E-state index in [-0.39, 0.29) is 23.2 Å². The van der Waals surface area contributed by atoms with Gasteiger partial charge in [0.25, 0.3) is 5.91 Å². The number of methoxy groups -OCH3 is 2. The standard InChI is InChI=1S/C11H15NO4S/c1-15-8-5-7(11(14)12-3-4-17)6-9(16-2)10(8)13/h5-6,13,17H,3-4H2,1-2H3,(H,12,14). The first-order valence-electron chi connectivity index (χ1n) is 4.98. The number of rotatable bonds is 5. The molecular weight excluding hydrogens is 242 g/mol. The van der Waals surface area contributed by atoms with E-state index >= 15 is 0 Å². The van der Waals surface area contributed by atoms with Gasteiger partial charge in [-0.15, -0.1) is 0 Å². The van der Waals surface area contributed by atoms with Crippen molar-refractivity contribution in [3.63, 3.8) is 0 Å². The zero-order chi connectivity index (χ0) is 12.8. The molecule has 0 fully saturated rings. The number of thiol groups is 1. The minimum absolute atomic E-state index is 0.124. The van der Waals surface area contributed by atoms with Crippen LogP contribution in [-0.4, -0.2) is 37.5 Å². The van der Waals surface area contributed by atoms with Gasteiger partial charge in [-0.1, -0.05) is 0 Å². The Morgan fingerprint density at radius 2 is 1.88 bits per heavy atom. The van der Waals surface area contributed by atoms with E-state index in [4.69, 9.17) is 9.47 Å². The van der Waals surface area contributed by atoms with Crippen molar-refractivity contribution in [1.82, 2.24) is 5.32 Å². The average molecular weight is 257 g/mol. The highest BCUT2D eigenvalue weighted by molar-refractivity contribution is 7.80. The highest BCUT2D eigenvalue weighted by Crippen LogP contribution is 2.36. The maximum Gasteiger partial charge on any atom is 0.251 e. The fraction of sp³-hybridized carbons (Fsp3) is 0.364. The molecule has 0 spiro atoms. The minimum Gasteiger partial charge on any atom is -0.502 e. The van der Waals surface area contributed by atoms with E-state index in [1.54, 1.807) is 0 Å². The number of carbonyl (C=O) groups excluding carboxylic acids is 1. The molecule has 5 nitrogen and oxygen atoms in total. The second-order valence-electron chi connectivity index (χ2n) is 3.21. The fourth-order valence-corrected chi connectivity index (χ4v) is 1.41. The SMILES string of the molecule is COc1cc(C(=O)NCCS)cc(OC)c1O. The Balaban J connectivity index is 3.04. The van der Waals surface area contributed by atoms with E-state index in [9.17, 15) is 9.90 Å². The van der Waals surface area contributed by atoms with Gasteiger partial charge in [-0.3, -0.25) is 4.79 Å². The summed E-state index contributed by atoms with van der Waals surface area (Å²) in [5.41, 5.74) is 0.360. The molecular formula is C11H15NO4S. The van der Waals surface area contributed by atoms with Gasteiger partial charge in [-0.05, 0) is 12.1 Å². The number of phenols is 1. The summed E-state index contributed by atoms with van der Waals surface area (Å²) in [6.07, 6.45) is 0. The highest BCUT2D eigenvalue weighted by atomic mass is 32.1. The lowest BCUT2D eigenvalue weighted by molar-refractivity contribution is 0.0955. The van der Waals surface area contributed by atoms with Crippen LogP contribution in [0.2, 0.25) is 0 Å². The summed E-state index contributed by atoms with van der Waals surface area (Å²) in [6, 6.07) is 2.90. The van der Waals surface area contributed by atoms with Gasteiger partial charge >= 0.3 is 0 Å². The van der Waals surface area contributed by atoms with Crippen LogP contribution in [0.25, 0.3) is 0 Å². The monoisotopic (exact) mass is 257 g/mol. The van der Waals surface area contributed by atoms with Crippen molar-refractivity contribution < 1.29 is 19.4 Å². The lowest BCUT2D eigenvalue weighted by Crippen LogP contribution is -2.25. The Morgan fingerprint density at radius 3 is 2.29 bits per heavy atom. The smallest absolute Gasteiger partial charge is 0.251 e. The predicted octanol–water partition coefficient (Wildman–Crippen LogP) is 1.07. The van der Waals surface area contributed by atoms with Crippen LogP contribution >= 0.6 is 12.6 Å². The number of amides is 1. The second kappa shape index (κ2) is 6.24. The third kappa shape index (κ3) is 3.20. The number of nitrogens with one attached hydrogen (secondary N) is 1. The summed E-state index contributed by atoms with van der Waals surface area (Å²) < 4.78 is 9.92. The van der Waals surface area contributed by atoms with Gasteiger partial charge in [0.15, 0.2) is 11.5 Å². The topological polar surface area (TPSA) is 67.8 Å². The first kappa shape index (κ1) is 13.5. The minimum atomic E-state index is -0.268. The van der Waals surface area contributed by atoms with E-state index in [0.29, 0.717) is 17.9 Å². The number of aromatic hydroxyl groups is 1. The molecule has 0 saturated carbocycles. The predicted molar refractivity (Wildman–Crippen MR) is 67.4 cm³/mol. The van der Waals surface area contributed by atoms with Gasteiger partial charge < -0.3 is 19.9 Å². The van der Waals surface area contributed by atoms with Crippen LogP contribution in [-0.2, 0) is 0 Å². The molecule has 1 amide bonds. The van der Waals surface area contributed by atoms with E-state index < -0.39 is 0 Å². The summed E-state index contributed by atoms with van der Waals surface area (Å²) in [6.45, 7) is 0.466. The van der Waals surface area contributed by atoms with Crippen LogP contribution in [0.1, 0.15) is 10.4 Å². The van der Waals surface area contributed by atoms with E-state index in [2.05, 4.69) is 17.9 Å². The molecule has 0 aliphatic heterocycles.